The predicted octanol–water partition coefficient (Wildman–Crippen LogP) is 3.07. The third-order valence-electron chi connectivity index (χ3n) is 4.32. The largest absolute Gasteiger partial charge is 0.456 e. The van der Waals surface area contributed by atoms with E-state index in [0.717, 1.165) is 18.2 Å². The molecule has 0 saturated carbocycles. The second-order valence-corrected chi connectivity index (χ2v) is 7.30. The molecule has 0 bridgehead atoms. The van der Waals surface area contributed by atoms with Crippen LogP contribution in [0.3, 0.4) is 0 Å². The van der Waals surface area contributed by atoms with Gasteiger partial charge in [0, 0.05) is 17.7 Å². The highest BCUT2D eigenvalue weighted by atomic mass is 16.6. The van der Waals surface area contributed by atoms with Gasteiger partial charge in [-0.05, 0) is 12.3 Å². The fourth-order valence-electron chi connectivity index (χ4n) is 2.81. The summed E-state index contributed by atoms with van der Waals surface area (Å²) in [6.45, 7) is 3.05. The monoisotopic (exact) mass is 443 g/mol. The van der Waals surface area contributed by atoms with Gasteiger partial charge in [-0.15, -0.1) is 0 Å². The molecule has 0 aliphatic heterocycles. The zero-order valence-corrected chi connectivity index (χ0v) is 17.3. The highest BCUT2D eigenvalue weighted by molar-refractivity contribution is 5.99. The number of non-ortho nitro benzene ring substituents is 2. The number of hydrogen-bond acceptors (Lipinski definition) is 8. The minimum Gasteiger partial charge on any atom is -0.456 e. The van der Waals surface area contributed by atoms with Gasteiger partial charge in [-0.25, -0.2) is 4.79 Å². The number of nitrogens with one attached hydrogen (secondary N) is 1. The molecule has 0 fully saturated rings. The molecule has 168 valence electrons. The Balaban J connectivity index is 2.16. The lowest BCUT2D eigenvalue weighted by molar-refractivity contribution is -0.394. The molecule has 0 heterocycles. The van der Waals surface area contributed by atoms with E-state index < -0.39 is 51.5 Å². The number of amides is 1. The number of esters is 1. The Kier molecular flexibility index (Phi) is 8.11. The van der Waals surface area contributed by atoms with Crippen molar-refractivity contribution in [2.75, 3.05) is 6.61 Å². The Hall–Kier alpha value is -4.15. The average molecular weight is 443 g/mol. The second-order valence-electron chi connectivity index (χ2n) is 7.30. The van der Waals surface area contributed by atoms with Gasteiger partial charge in [-0.3, -0.25) is 29.8 Å². The van der Waals surface area contributed by atoms with E-state index in [1.54, 1.807) is 44.2 Å². The first-order valence-electron chi connectivity index (χ1n) is 9.58. The molecule has 0 saturated heterocycles. The van der Waals surface area contributed by atoms with Crippen molar-refractivity contribution in [2.24, 2.45) is 5.92 Å². The SMILES string of the molecule is CC(C)C[C@H](NC(=O)c1cc([N+](=O)[O-])cc([N+](=O)[O-])c1)C(=O)OCC(=O)c1ccccc1. The molecule has 2 rings (SSSR count). The van der Waals surface area contributed by atoms with E-state index in [1.165, 1.54) is 0 Å². The lowest BCUT2D eigenvalue weighted by atomic mass is 10.0. The summed E-state index contributed by atoms with van der Waals surface area (Å²) in [6.07, 6.45) is 0.154. The van der Waals surface area contributed by atoms with Gasteiger partial charge < -0.3 is 10.1 Å². The van der Waals surface area contributed by atoms with Crippen molar-refractivity contribution in [3.05, 3.63) is 79.9 Å². The van der Waals surface area contributed by atoms with Crippen LogP contribution in [0.2, 0.25) is 0 Å². The smallest absolute Gasteiger partial charge is 0.329 e. The zero-order valence-electron chi connectivity index (χ0n) is 17.3. The zero-order chi connectivity index (χ0) is 23.8. The molecule has 1 atom stereocenters. The van der Waals surface area contributed by atoms with E-state index >= 15 is 0 Å². The molecule has 2 aromatic carbocycles. The van der Waals surface area contributed by atoms with E-state index in [1.807, 2.05) is 0 Å². The van der Waals surface area contributed by atoms with Crippen LogP contribution in [0.25, 0.3) is 0 Å². The highest BCUT2D eigenvalue weighted by Gasteiger charge is 2.27. The number of hydrogen-bond donors (Lipinski definition) is 1. The van der Waals surface area contributed by atoms with Crippen molar-refractivity contribution in [2.45, 2.75) is 26.3 Å². The van der Waals surface area contributed by atoms with Crippen LogP contribution in [0, 0.1) is 26.1 Å². The standard InChI is InChI=1S/C21H21N3O8/c1-13(2)8-18(21(27)32-12-19(25)14-6-4-3-5-7-14)22-20(26)15-9-16(23(28)29)11-17(10-15)24(30)31/h3-7,9-11,13,18H,8,12H2,1-2H3,(H,22,26)/t18-/m0/s1. The molecular formula is C21H21N3O8. The normalized spacial score (nSPS) is 11.5. The summed E-state index contributed by atoms with van der Waals surface area (Å²) in [5.41, 5.74) is -1.27. The van der Waals surface area contributed by atoms with Gasteiger partial charge in [0.25, 0.3) is 17.3 Å². The maximum atomic E-state index is 12.6. The first kappa shape index (κ1) is 24.1. The van der Waals surface area contributed by atoms with Gasteiger partial charge in [0.15, 0.2) is 12.4 Å². The number of ketones is 1. The Morgan fingerprint density at radius 1 is 0.938 bits per heavy atom. The van der Waals surface area contributed by atoms with Crippen LogP contribution in [0.15, 0.2) is 48.5 Å². The van der Waals surface area contributed by atoms with Crippen LogP contribution in [0.5, 0.6) is 0 Å². The molecule has 11 nitrogen and oxygen atoms in total. The summed E-state index contributed by atoms with van der Waals surface area (Å²) in [5, 5.41) is 24.5. The lowest BCUT2D eigenvalue weighted by Gasteiger charge is -2.19. The van der Waals surface area contributed by atoms with Crippen molar-refractivity contribution in [1.29, 1.82) is 0 Å². The van der Waals surface area contributed by atoms with Gasteiger partial charge in [0.1, 0.15) is 6.04 Å². The van der Waals surface area contributed by atoms with Crippen LogP contribution >= 0.6 is 0 Å². The van der Waals surface area contributed by atoms with E-state index in [2.05, 4.69) is 5.32 Å². The van der Waals surface area contributed by atoms with E-state index in [4.69, 9.17) is 4.74 Å². The first-order valence-corrected chi connectivity index (χ1v) is 9.58. The van der Waals surface area contributed by atoms with Gasteiger partial charge >= 0.3 is 5.97 Å². The summed E-state index contributed by atoms with van der Waals surface area (Å²) in [4.78, 5) is 57.6. The van der Waals surface area contributed by atoms with Gasteiger partial charge in [-0.2, -0.15) is 0 Å². The molecule has 11 heteroatoms. The van der Waals surface area contributed by atoms with Gasteiger partial charge in [-0.1, -0.05) is 44.2 Å². The molecule has 0 aliphatic rings. The number of nitrogens with zero attached hydrogens (tertiary/aromatic N) is 2. The predicted molar refractivity (Wildman–Crippen MR) is 112 cm³/mol. The fraction of sp³-hybridized carbons (Fsp3) is 0.286. The molecule has 32 heavy (non-hydrogen) atoms. The van der Waals surface area contributed by atoms with E-state index in [9.17, 15) is 34.6 Å². The number of rotatable bonds is 10. The summed E-state index contributed by atoms with van der Waals surface area (Å²) >= 11 is 0. The van der Waals surface area contributed by atoms with E-state index in [-0.39, 0.29) is 17.9 Å². The minimum atomic E-state index is -1.16. The quantitative estimate of drug-likeness (QED) is 0.254. The Morgan fingerprint density at radius 3 is 2.00 bits per heavy atom. The first-order chi connectivity index (χ1) is 15.1. The van der Waals surface area contributed by atoms with Crippen molar-refractivity contribution in [1.82, 2.24) is 5.32 Å². The molecule has 0 radical (unpaired) electrons. The summed E-state index contributed by atoms with van der Waals surface area (Å²) in [5.74, 6) is -2.27. The molecule has 1 N–H and O–H groups in total. The third-order valence-corrected chi connectivity index (χ3v) is 4.32. The molecule has 0 unspecified atom stereocenters. The van der Waals surface area contributed by atoms with Crippen LogP contribution < -0.4 is 5.32 Å². The third kappa shape index (κ3) is 6.69. The van der Waals surface area contributed by atoms with Crippen LogP contribution in [0.4, 0.5) is 11.4 Å². The van der Waals surface area contributed by atoms with Crippen molar-refractivity contribution < 1.29 is 29.0 Å². The fourth-order valence-corrected chi connectivity index (χ4v) is 2.81. The number of Topliss-reactive ketones (excluding diaryl/α,β-unsaturated/α-hetero) is 1. The maximum Gasteiger partial charge on any atom is 0.329 e. The lowest BCUT2D eigenvalue weighted by Crippen LogP contribution is -2.43. The minimum absolute atomic E-state index is 0.0582. The van der Waals surface area contributed by atoms with Gasteiger partial charge in [0.2, 0.25) is 0 Å². The number of benzene rings is 2. The van der Waals surface area contributed by atoms with E-state index in [0.29, 0.717) is 5.56 Å². The van der Waals surface area contributed by atoms with Crippen molar-refractivity contribution in [3.8, 4) is 0 Å². The number of carbonyl (C=O) groups excluding carboxylic acids is 3. The molecular weight excluding hydrogens is 422 g/mol. The topological polar surface area (TPSA) is 159 Å². The number of nitro groups is 2. The Morgan fingerprint density at radius 2 is 1.50 bits per heavy atom. The molecule has 0 spiro atoms. The highest BCUT2D eigenvalue weighted by Crippen LogP contribution is 2.23. The summed E-state index contributed by atoms with van der Waals surface area (Å²) in [6, 6.07) is 9.50. The molecule has 0 aliphatic carbocycles. The second kappa shape index (κ2) is 10.8. The summed E-state index contributed by atoms with van der Waals surface area (Å²) < 4.78 is 5.06. The molecule has 1 amide bonds. The number of ether oxygens (including phenoxy) is 1. The van der Waals surface area contributed by atoms with Crippen LogP contribution in [0.1, 0.15) is 41.0 Å². The Bertz CT molecular complexity index is 1000. The van der Waals surface area contributed by atoms with Crippen LogP contribution in [-0.4, -0.2) is 40.2 Å². The number of carbonyl (C=O) groups is 3. The number of nitro benzene ring substituents is 2. The molecule has 0 aromatic heterocycles. The van der Waals surface area contributed by atoms with Gasteiger partial charge in [0.05, 0.1) is 21.5 Å². The van der Waals surface area contributed by atoms with Crippen molar-refractivity contribution >= 4 is 29.0 Å². The van der Waals surface area contributed by atoms with Crippen LogP contribution in [-0.2, 0) is 9.53 Å². The van der Waals surface area contributed by atoms with Crippen molar-refractivity contribution in [3.63, 3.8) is 0 Å². The molecule has 2 aromatic rings. The average Bonchev–Trinajstić information content (AvgIpc) is 2.76. The summed E-state index contributed by atoms with van der Waals surface area (Å²) in [7, 11) is 0. The Labute approximate surface area is 182 Å². The maximum absolute atomic E-state index is 12.6.